The zero-order valence-electron chi connectivity index (χ0n) is 28.8. The van der Waals surface area contributed by atoms with Crippen LogP contribution in [0.25, 0.3) is 55.0 Å². The van der Waals surface area contributed by atoms with E-state index in [1.807, 2.05) is 24.3 Å². The Hall–Kier alpha value is -5.63. The van der Waals surface area contributed by atoms with Crippen LogP contribution in [0.2, 0.25) is 0 Å². The normalized spacial score (nSPS) is 11.6. The van der Waals surface area contributed by atoms with Gasteiger partial charge in [0.25, 0.3) is 10.4 Å². The number of H-pyrrole nitrogens is 1. The van der Waals surface area contributed by atoms with Crippen LogP contribution in [0.15, 0.2) is 115 Å². The summed E-state index contributed by atoms with van der Waals surface area (Å²) in [6.07, 6.45) is 0.881. The Bertz CT molecular complexity index is 2780. The fourth-order valence-electron chi connectivity index (χ4n) is 7.20. The molecular weight excluding hydrogens is 720 g/mol. The van der Waals surface area contributed by atoms with Crippen molar-refractivity contribution in [1.82, 2.24) is 9.55 Å². The van der Waals surface area contributed by atoms with Gasteiger partial charge >= 0.3 is 29.6 Å². The number of aromatic hydroxyl groups is 5. The molecule has 0 aliphatic heterocycles. The molecule has 0 radical (unpaired) electrons. The number of aromatic nitrogens is 2. The van der Waals surface area contributed by atoms with E-state index in [-0.39, 0.29) is 75.1 Å². The summed E-state index contributed by atoms with van der Waals surface area (Å²) in [6, 6.07) is 31.6. The van der Waals surface area contributed by atoms with Crippen LogP contribution in [-0.4, -0.2) is 48.1 Å². The summed E-state index contributed by atoms with van der Waals surface area (Å²) in [6.45, 7) is 0.397. The number of phenolic OH excluding ortho intramolecular Hbond substituents is 5. The molecule has 2 heterocycles. The first-order valence-electron chi connectivity index (χ1n) is 16.6. The number of hydrogen-bond acceptors (Lipinski definition) is 9. The Balaban J connectivity index is 0.00000450. The molecule has 0 spiro atoms. The van der Waals surface area contributed by atoms with Gasteiger partial charge in [0.15, 0.2) is 5.75 Å². The molecular formula is C41H31N2NaO9S. The molecule has 13 heteroatoms. The Labute approximate surface area is 331 Å². The quantitative estimate of drug-likeness (QED) is 0.0684. The number of para-hydroxylation sites is 1. The molecule has 0 aliphatic carbocycles. The van der Waals surface area contributed by atoms with Gasteiger partial charge in [0.05, 0.1) is 22.1 Å². The first kappa shape index (κ1) is 36.7. The van der Waals surface area contributed by atoms with Crippen LogP contribution in [0.4, 0.5) is 0 Å². The molecule has 6 N–H and O–H groups in total. The average molecular weight is 751 g/mol. The number of nitrogens with zero attached hydrogens (tertiary/aromatic N) is 1. The minimum absolute atomic E-state index is 0. The Morgan fingerprint density at radius 2 is 1.15 bits per heavy atom. The number of nitrogens with one attached hydrogen (secondary N) is 1. The smallest absolute Gasteiger partial charge is 0.716 e. The van der Waals surface area contributed by atoms with Crippen molar-refractivity contribution in [3.63, 3.8) is 0 Å². The fraction of sp³-hybridized carbons (Fsp3) is 0.0732. The maximum absolute atomic E-state index is 12.3. The third-order valence-corrected chi connectivity index (χ3v) is 9.88. The summed E-state index contributed by atoms with van der Waals surface area (Å²) in [5.41, 5.74) is 6.17. The molecule has 0 aliphatic rings. The topological polar surface area (TPSA) is 188 Å². The molecule has 0 saturated heterocycles. The van der Waals surface area contributed by atoms with Gasteiger partial charge in [0, 0.05) is 40.4 Å². The van der Waals surface area contributed by atoms with Gasteiger partial charge in [-0.05, 0) is 83.3 Å². The third-order valence-electron chi connectivity index (χ3n) is 9.50. The predicted molar refractivity (Wildman–Crippen MR) is 200 cm³/mol. The Morgan fingerprint density at radius 3 is 1.70 bits per heavy atom. The second-order valence-corrected chi connectivity index (χ2v) is 13.8. The number of phenols is 5. The monoisotopic (exact) mass is 750 g/mol. The van der Waals surface area contributed by atoms with Gasteiger partial charge in [0.2, 0.25) is 0 Å². The van der Waals surface area contributed by atoms with Crippen molar-refractivity contribution in [2.45, 2.75) is 19.4 Å². The van der Waals surface area contributed by atoms with Gasteiger partial charge in [-0.25, -0.2) is 8.42 Å². The number of fused-ring (bicyclic) bond motifs is 5. The zero-order valence-corrected chi connectivity index (χ0v) is 31.6. The van der Waals surface area contributed by atoms with Crippen molar-refractivity contribution in [3.05, 3.63) is 132 Å². The Kier molecular flexibility index (Phi) is 9.73. The number of benzene rings is 6. The molecule has 0 amide bonds. The van der Waals surface area contributed by atoms with Crippen molar-refractivity contribution >= 4 is 43.1 Å². The van der Waals surface area contributed by atoms with Gasteiger partial charge in [-0.2, -0.15) is 0 Å². The maximum atomic E-state index is 12.3. The molecule has 8 aromatic rings. The first-order chi connectivity index (χ1) is 25.4. The van der Waals surface area contributed by atoms with Crippen molar-refractivity contribution in [3.8, 4) is 56.8 Å². The molecule has 0 bridgehead atoms. The van der Waals surface area contributed by atoms with E-state index in [1.54, 1.807) is 72.8 Å². The number of hydrogen-bond donors (Lipinski definition) is 6. The van der Waals surface area contributed by atoms with Crippen LogP contribution >= 0.6 is 0 Å². The van der Waals surface area contributed by atoms with Crippen LogP contribution < -0.4 is 33.7 Å². The molecule has 11 nitrogen and oxygen atoms in total. The van der Waals surface area contributed by atoms with Crippen LogP contribution in [0.1, 0.15) is 16.8 Å². The minimum atomic E-state index is -5.16. The van der Waals surface area contributed by atoms with Crippen molar-refractivity contribution < 1.29 is 72.2 Å². The molecule has 54 heavy (non-hydrogen) atoms. The summed E-state index contributed by atoms with van der Waals surface area (Å²) in [5.74, 6) is -0.0740. The first-order valence-corrected chi connectivity index (χ1v) is 17.9. The maximum Gasteiger partial charge on any atom is 1.00 e. The van der Waals surface area contributed by atoms with Crippen LogP contribution in [0.3, 0.4) is 0 Å². The number of aromatic amines is 1. The van der Waals surface area contributed by atoms with Gasteiger partial charge in [0.1, 0.15) is 28.7 Å². The van der Waals surface area contributed by atoms with E-state index in [0.29, 0.717) is 52.2 Å². The SMILES string of the molecule is O=S(=O)([O-])Oc1cccc2c1[nH]c1c(O)c(-c3ccc(O)cc3)c3c(c(-c4ccc(O)cc4)c(Cc4ccc(O)cc4)n3CCc3ccc(O)cc3)c12.[Na+]. The van der Waals surface area contributed by atoms with Crippen LogP contribution in [-0.2, 0) is 29.8 Å². The van der Waals surface area contributed by atoms with Crippen molar-refractivity contribution in [2.75, 3.05) is 0 Å². The summed E-state index contributed by atoms with van der Waals surface area (Å²) >= 11 is 0. The third kappa shape index (κ3) is 6.81. The minimum Gasteiger partial charge on any atom is -0.716 e. The van der Waals surface area contributed by atoms with Crippen molar-refractivity contribution in [2.24, 2.45) is 0 Å². The van der Waals surface area contributed by atoms with E-state index in [9.17, 15) is 38.5 Å². The largest absolute Gasteiger partial charge is 1.00 e. The van der Waals surface area contributed by atoms with E-state index in [1.165, 1.54) is 18.2 Å². The Morgan fingerprint density at radius 1 is 0.630 bits per heavy atom. The predicted octanol–water partition coefficient (Wildman–Crippen LogP) is 4.81. The average Bonchev–Trinajstić information content (AvgIpc) is 3.66. The summed E-state index contributed by atoms with van der Waals surface area (Å²) in [4.78, 5) is 3.16. The molecule has 6 aromatic carbocycles. The second kappa shape index (κ2) is 14.3. The van der Waals surface area contributed by atoms with Gasteiger partial charge < -0.3 is 43.8 Å². The molecule has 8 rings (SSSR count). The van der Waals surface area contributed by atoms with Gasteiger partial charge in [-0.3, -0.25) is 0 Å². The van der Waals surface area contributed by atoms with Crippen LogP contribution in [0, 0.1) is 0 Å². The summed E-state index contributed by atoms with van der Waals surface area (Å²) < 4.78 is 42.4. The summed E-state index contributed by atoms with van der Waals surface area (Å²) in [7, 11) is -5.16. The fourth-order valence-corrected chi connectivity index (χ4v) is 7.56. The summed E-state index contributed by atoms with van der Waals surface area (Å²) in [5, 5.41) is 54.7. The van der Waals surface area contributed by atoms with E-state index in [2.05, 4.69) is 9.55 Å². The van der Waals surface area contributed by atoms with E-state index in [4.69, 9.17) is 4.18 Å². The van der Waals surface area contributed by atoms with E-state index >= 15 is 0 Å². The van der Waals surface area contributed by atoms with Gasteiger partial charge in [-0.1, -0.05) is 60.7 Å². The van der Waals surface area contributed by atoms with E-state index < -0.39 is 10.4 Å². The van der Waals surface area contributed by atoms with E-state index in [0.717, 1.165) is 27.9 Å². The number of aryl methyl sites for hydroxylation is 2. The van der Waals surface area contributed by atoms with Gasteiger partial charge in [-0.15, -0.1) is 0 Å². The van der Waals surface area contributed by atoms with Crippen molar-refractivity contribution in [1.29, 1.82) is 0 Å². The molecule has 0 unspecified atom stereocenters. The molecule has 2 aromatic heterocycles. The molecule has 0 saturated carbocycles. The number of rotatable bonds is 9. The molecule has 0 atom stereocenters. The molecule has 266 valence electrons. The van der Waals surface area contributed by atoms with Crippen LogP contribution in [0.5, 0.6) is 34.5 Å². The molecule has 0 fully saturated rings. The second-order valence-electron chi connectivity index (χ2n) is 12.8. The standard InChI is InChI=1S/C41H32N2O9S.Na/c44-27-12-4-23(5-13-27)20-21-43-32(22-24-6-14-28(45)15-7-24)34(25-8-16-29(46)17-9-25)37-36-31-2-1-3-33(52-53(49,50)51)38(31)42-39(36)41(48)35(40(37)43)26-10-18-30(47)19-11-26;/h1-19,42,44-48H,20-22H2,(H,49,50,51);/q;+1/p-1. The zero-order chi connectivity index (χ0) is 37.0.